The third-order valence-electron chi connectivity index (χ3n) is 3.86. The van der Waals surface area contributed by atoms with Crippen molar-refractivity contribution in [3.05, 3.63) is 52.6 Å². The molecule has 2 rings (SSSR count). The zero-order valence-electron chi connectivity index (χ0n) is 13.3. The van der Waals surface area contributed by atoms with Crippen LogP contribution in [0.5, 0.6) is 0 Å². The van der Waals surface area contributed by atoms with Crippen LogP contribution >= 0.6 is 0 Å². The fourth-order valence-corrected chi connectivity index (χ4v) is 2.63. The number of nitrogens with zero attached hydrogens (tertiary/aromatic N) is 2. The van der Waals surface area contributed by atoms with Gasteiger partial charge in [-0.05, 0) is 39.4 Å². The van der Waals surface area contributed by atoms with Gasteiger partial charge in [0.05, 0.1) is 5.69 Å². The van der Waals surface area contributed by atoms with E-state index in [1.165, 1.54) is 0 Å². The third-order valence-corrected chi connectivity index (χ3v) is 3.86. The summed E-state index contributed by atoms with van der Waals surface area (Å²) in [6.45, 7) is 7.00. The summed E-state index contributed by atoms with van der Waals surface area (Å²) >= 11 is 0. The number of aryl methyl sites for hydroxylation is 3. The molecule has 114 valence electrons. The Hall–Kier alpha value is -1.68. The van der Waals surface area contributed by atoms with Crippen LogP contribution in [0.1, 0.15) is 42.4 Å². The van der Waals surface area contributed by atoms with E-state index >= 15 is 0 Å². The van der Waals surface area contributed by atoms with Crippen LogP contribution in [0.2, 0.25) is 0 Å². The number of hydrogen-bond donors (Lipinski definition) is 1. The number of rotatable bonds is 6. The minimum Gasteiger partial charge on any atom is -0.313 e. The first-order valence-corrected chi connectivity index (χ1v) is 7.57. The van der Waals surface area contributed by atoms with Gasteiger partial charge in [0.15, 0.2) is 0 Å². The van der Waals surface area contributed by atoms with E-state index in [2.05, 4.69) is 30.3 Å². The second kappa shape index (κ2) is 6.85. The van der Waals surface area contributed by atoms with Crippen LogP contribution in [-0.2, 0) is 19.4 Å². The van der Waals surface area contributed by atoms with Gasteiger partial charge in [0.1, 0.15) is 5.82 Å². The average molecular weight is 289 g/mol. The smallest absolute Gasteiger partial charge is 0.128 e. The zero-order valence-corrected chi connectivity index (χ0v) is 13.3. The molecular formula is C17H24FN3. The monoisotopic (exact) mass is 289 g/mol. The molecule has 2 aromatic rings. The molecule has 21 heavy (non-hydrogen) atoms. The van der Waals surface area contributed by atoms with Crippen molar-refractivity contribution in [2.45, 2.75) is 46.2 Å². The second-order valence-electron chi connectivity index (χ2n) is 5.37. The topological polar surface area (TPSA) is 29.9 Å². The van der Waals surface area contributed by atoms with E-state index in [9.17, 15) is 4.39 Å². The van der Waals surface area contributed by atoms with E-state index in [0.29, 0.717) is 0 Å². The zero-order chi connectivity index (χ0) is 15.4. The molecule has 1 heterocycles. The molecule has 1 atom stereocenters. The van der Waals surface area contributed by atoms with Crippen molar-refractivity contribution >= 4 is 0 Å². The quantitative estimate of drug-likeness (QED) is 0.883. The Morgan fingerprint density at radius 2 is 2.05 bits per heavy atom. The molecule has 1 aromatic carbocycles. The molecule has 0 bridgehead atoms. The molecule has 0 aliphatic rings. The van der Waals surface area contributed by atoms with E-state index in [1.54, 1.807) is 12.1 Å². The van der Waals surface area contributed by atoms with Gasteiger partial charge in [0.25, 0.3) is 0 Å². The van der Waals surface area contributed by atoms with Gasteiger partial charge in [-0.25, -0.2) is 4.39 Å². The van der Waals surface area contributed by atoms with Crippen molar-refractivity contribution < 1.29 is 4.39 Å². The molecule has 1 aromatic heterocycles. The van der Waals surface area contributed by atoms with Gasteiger partial charge in [-0.2, -0.15) is 5.10 Å². The summed E-state index contributed by atoms with van der Waals surface area (Å²) in [7, 11) is 1.87. The Labute approximate surface area is 126 Å². The van der Waals surface area contributed by atoms with Gasteiger partial charge in [-0.3, -0.25) is 4.68 Å². The molecule has 0 saturated heterocycles. The molecule has 1 N–H and O–H groups in total. The lowest BCUT2D eigenvalue weighted by atomic mass is 9.99. The molecule has 0 spiro atoms. The second-order valence-corrected chi connectivity index (χ2v) is 5.37. The van der Waals surface area contributed by atoms with Gasteiger partial charge in [-0.15, -0.1) is 0 Å². The van der Waals surface area contributed by atoms with Crippen LogP contribution in [0, 0.1) is 12.7 Å². The third kappa shape index (κ3) is 3.50. The number of halogens is 1. The SMILES string of the molecule is CCc1cc(CC(NC)c2cc(C)ccc2F)n(CC)n1. The van der Waals surface area contributed by atoms with Crippen molar-refractivity contribution in [2.75, 3.05) is 7.05 Å². The molecular weight excluding hydrogens is 265 g/mol. The van der Waals surface area contributed by atoms with Crippen molar-refractivity contribution in [1.29, 1.82) is 0 Å². The summed E-state index contributed by atoms with van der Waals surface area (Å²) in [5, 5.41) is 7.80. The molecule has 0 radical (unpaired) electrons. The normalized spacial score (nSPS) is 12.6. The maximum atomic E-state index is 14.1. The maximum absolute atomic E-state index is 14.1. The van der Waals surface area contributed by atoms with E-state index in [0.717, 1.165) is 41.9 Å². The molecule has 1 unspecified atom stereocenters. The minimum absolute atomic E-state index is 0.0448. The highest BCUT2D eigenvalue weighted by molar-refractivity contribution is 5.28. The summed E-state index contributed by atoms with van der Waals surface area (Å²) in [6, 6.07) is 7.35. The van der Waals surface area contributed by atoms with E-state index in [1.807, 2.05) is 24.7 Å². The van der Waals surface area contributed by atoms with E-state index < -0.39 is 0 Å². The Morgan fingerprint density at radius 1 is 1.29 bits per heavy atom. The van der Waals surface area contributed by atoms with Crippen LogP contribution in [-0.4, -0.2) is 16.8 Å². The van der Waals surface area contributed by atoms with E-state index in [-0.39, 0.29) is 11.9 Å². The molecule has 4 heteroatoms. The standard InChI is InChI=1S/C17H24FN3/c1-5-13-10-14(21(6-2)20-13)11-17(19-4)15-9-12(3)7-8-16(15)18/h7-10,17,19H,5-6,11H2,1-4H3. The fraction of sp³-hybridized carbons (Fsp3) is 0.471. The van der Waals surface area contributed by atoms with Gasteiger partial charge in [0, 0.05) is 30.3 Å². The van der Waals surface area contributed by atoms with Gasteiger partial charge < -0.3 is 5.32 Å². The fourth-order valence-electron chi connectivity index (χ4n) is 2.63. The first kappa shape index (κ1) is 15.7. The number of aromatic nitrogens is 2. The molecule has 0 aliphatic carbocycles. The van der Waals surface area contributed by atoms with Crippen LogP contribution in [0.4, 0.5) is 4.39 Å². The van der Waals surface area contributed by atoms with Crippen molar-refractivity contribution in [1.82, 2.24) is 15.1 Å². The summed E-state index contributed by atoms with van der Waals surface area (Å²) < 4.78 is 16.1. The average Bonchev–Trinajstić information content (AvgIpc) is 2.89. The Balaban J connectivity index is 2.30. The summed E-state index contributed by atoms with van der Waals surface area (Å²) in [6.07, 6.45) is 1.65. The predicted octanol–water partition coefficient (Wildman–Crippen LogP) is 3.42. The Bertz CT molecular complexity index is 604. The van der Waals surface area contributed by atoms with Gasteiger partial charge in [0.2, 0.25) is 0 Å². The minimum atomic E-state index is -0.154. The lowest BCUT2D eigenvalue weighted by Gasteiger charge is -2.18. The molecule has 0 amide bonds. The first-order chi connectivity index (χ1) is 10.1. The van der Waals surface area contributed by atoms with Crippen LogP contribution < -0.4 is 5.32 Å². The molecule has 3 nitrogen and oxygen atoms in total. The predicted molar refractivity (Wildman–Crippen MR) is 83.9 cm³/mol. The highest BCUT2D eigenvalue weighted by Crippen LogP contribution is 2.23. The highest BCUT2D eigenvalue weighted by Gasteiger charge is 2.17. The Kier molecular flexibility index (Phi) is 5.12. The first-order valence-electron chi connectivity index (χ1n) is 7.57. The molecule has 0 saturated carbocycles. The highest BCUT2D eigenvalue weighted by atomic mass is 19.1. The van der Waals surface area contributed by atoms with Crippen molar-refractivity contribution in [3.8, 4) is 0 Å². The van der Waals surface area contributed by atoms with E-state index in [4.69, 9.17) is 0 Å². The van der Waals surface area contributed by atoms with Crippen LogP contribution in [0.25, 0.3) is 0 Å². The number of likely N-dealkylation sites (N-methyl/N-ethyl adjacent to an activating group) is 1. The van der Waals surface area contributed by atoms with Gasteiger partial charge >= 0.3 is 0 Å². The Morgan fingerprint density at radius 3 is 2.67 bits per heavy atom. The summed E-state index contributed by atoms with van der Waals surface area (Å²) in [5.74, 6) is -0.154. The molecule has 0 fully saturated rings. The lowest BCUT2D eigenvalue weighted by molar-refractivity contribution is 0.510. The van der Waals surface area contributed by atoms with Crippen LogP contribution in [0.3, 0.4) is 0 Å². The number of benzene rings is 1. The molecule has 0 aliphatic heterocycles. The summed E-state index contributed by atoms with van der Waals surface area (Å²) in [5.41, 5.74) is 4.03. The maximum Gasteiger partial charge on any atom is 0.128 e. The van der Waals surface area contributed by atoms with Crippen LogP contribution in [0.15, 0.2) is 24.3 Å². The summed E-state index contributed by atoms with van der Waals surface area (Å²) in [4.78, 5) is 0. The van der Waals surface area contributed by atoms with Gasteiger partial charge in [-0.1, -0.05) is 24.6 Å². The number of hydrogen-bond acceptors (Lipinski definition) is 2. The number of nitrogens with one attached hydrogen (secondary N) is 1. The van der Waals surface area contributed by atoms with Crippen molar-refractivity contribution in [2.24, 2.45) is 0 Å². The largest absolute Gasteiger partial charge is 0.313 e. The lowest BCUT2D eigenvalue weighted by Crippen LogP contribution is -2.21. The van der Waals surface area contributed by atoms with Crippen molar-refractivity contribution in [3.63, 3.8) is 0 Å².